The molecule has 0 aliphatic heterocycles. The second-order valence-corrected chi connectivity index (χ2v) is 5.77. The van der Waals surface area contributed by atoms with Crippen LogP contribution in [0.5, 0.6) is 0 Å². The van der Waals surface area contributed by atoms with Crippen molar-refractivity contribution in [1.29, 1.82) is 0 Å². The fraction of sp³-hybridized carbons (Fsp3) is 0.267. The Balaban J connectivity index is 1.74. The summed E-state index contributed by atoms with van der Waals surface area (Å²) in [6.45, 7) is 0. The van der Waals surface area contributed by atoms with Crippen molar-refractivity contribution >= 4 is 29.1 Å². The van der Waals surface area contributed by atoms with Crippen LogP contribution in [-0.2, 0) is 6.18 Å². The lowest BCUT2D eigenvalue weighted by Gasteiger charge is -2.11. The summed E-state index contributed by atoms with van der Waals surface area (Å²) >= 11 is 5.84. The number of alkyl halides is 3. The van der Waals surface area contributed by atoms with E-state index in [1.807, 2.05) is 0 Å². The number of nitrogens with one attached hydrogen (secondary N) is 2. The van der Waals surface area contributed by atoms with E-state index in [4.69, 9.17) is 11.6 Å². The van der Waals surface area contributed by atoms with Gasteiger partial charge < -0.3 is 10.6 Å². The summed E-state index contributed by atoms with van der Waals surface area (Å²) in [6, 6.07) is 3.08. The molecule has 0 bridgehead atoms. The van der Waals surface area contributed by atoms with Crippen LogP contribution >= 0.6 is 11.6 Å². The molecule has 1 saturated carbocycles. The Morgan fingerprint density at radius 1 is 1.21 bits per heavy atom. The molecule has 0 atom stereocenters. The number of nitrogens with zero attached hydrogens (tertiary/aromatic N) is 2. The summed E-state index contributed by atoms with van der Waals surface area (Å²) in [7, 11) is 0. The standard InChI is InChI=1S/C15H12ClF3N4O/c16-11-4-1-9(15(17,18)19)5-12(11)23-13(24)8-6-20-14(21-7-8)22-10-2-3-10/h1,4-7,10H,2-3H2,(H,23,24)(H,20,21,22). The summed E-state index contributed by atoms with van der Waals surface area (Å²) in [6.07, 6.45) is 0.186. The van der Waals surface area contributed by atoms with Gasteiger partial charge >= 0.3 is 6.18 Å². The monoisotopic (exact) mass is 356 g/mol. The van der Waals surface area contributed by atoms with Crippen LogP contribution in [-0.4, -0.2) is 21.9 Å². The maximum absolute atomic E-state index is 12.7. The van der Waals surface area contributed by atoms with Gasteiger partial charge in [-0.2, -0.15) is 13.2 Å². The summed E-state index contributed by atoms with van der Waals surface area (Å²) in [4.78, 5) is 20.1. The number of carbonyl (C=O) groups is 1. The van der Waals surface area contributed by atoms with Crippen LogP contribution < -0.4 is 10.6 Å². The van der Waals surface area contributed by atoms with Gasteiger partial charge in [-0.25, -0.2) is 9.97 Å². The van der Waals surface area contributed by atoms with Crippen LogP contribution in [0.15, 0.2) is 30.6 Å². The maximum atomic E-state index is 12.7. The Morgan fingerprint density at radius 2 is 1.88 bits per heavy atom. The molecule has 2 aromatic rings. The number of benzene rings is 1. The van der Waals surface area contributed by atoms with Gasteiger partial charge in [0, 0.05) is 18.4 Å². The number of carbonyl (C=O) groups excluding carboxylic acids is 1. The van der Waals surface area contributed by atoms with E-state index in [0.717, 1.165) is 31.0 Å². The topological polar surface area (TPSA) is 66.9 Å². The van der Waals surface area contributed by atoms with E-state index < -0.39 is 17.6 Å². The molecule has 1 fully saturated rings. The molecule has 1 aromatic carbocycles. The molecular formula is C15H12ClF3N4O. The number of halogens is 4. The maximum Gasteiger partial charge on any atom is 0.416 e. The van der Waals surface area contributed by atoms with Gasteiger partial charge in [0.2, 0.25) is 5.95 Å². The average molecular weight is 357 g/mol. The molecule has 1 heterocycles. The first-order valence-corrected chi connectivity index (χ1v) is 7.47. The minimum atomic E-state index is -4.52. The van der Waals surface area contributed by atoms with Gasteiger partial charge in [-0.1, -0.05) is 11.6 Å². The lowest BCUT2D eigenvalue weighted by molar-refractivity contribution is -0.137. The normalized spacial score (nSPS) is 14.3. The van der Waals surface area contributed by atoms with E-state index in [9.17, 15) is 18.0 Å². The van der Waals surface area contributed by atoms with Crippen molar-refractivity contribution in [3.63, 3.8) is 0 Å². The van der Waals surface area contributed by atoms with Gasteiger partial charge in [0.15, 0.2) is 0 Å². The molecule has 5 nitrogen and oxygen atoms in total. The van der Waals surface area contributed by atoms with Gasteiger partial charge in [0.1, 0.15) is 0 Å². The third kappa shape index (κ3) is 3.94. The number of aromatic nitrogens is 2. The fourth-order valence-corrected chi connectivity index (χ4v) is 2.09. The number of hydrogen-bond donors (Lipinski definition) is 2. The SMILES string of the molecule is O=C(Nc1cc(C(F)(F)F)ccc1Cl)c1cnc(NC2CC2)nc1. The molecule has 9 heteroatoms. The molecule has 0 saturated heterocycles. The number of amides is 1. The number of rotatable bonds is 4. The Hall–Kier alpha value is -2.35. The summed E-state index contributed by atoms with van der Waals surface area (Å²) in [5.41, 5.74) is -0.913. The molecule has 3 rings (SSSR count). The van der Waals surface area contributed by atoms with E-state index >= 15 is 0 Å². The third-order valence-corrected chi connectivity index (χ3v) is 3.70. The van der Waals surface area contributed by atoms with Crippen LogP contribution in [0.25, 0.3) is 0 Å². The second-order valence-electron chi connectivity index (χ2n) is 5.36. The molecule has 1 aliphatic rings. The molecule has 0 unspecified atom stereocenters. The lowest BCUT2D eigenvalue weighted by atomic mass is 10.2. The Bertz CT molecular complexity index is 760. The fourth-order valence-electron chi connectivity index (χ4n) is 1.92. The van der Waals surface area contributed by atoms with Crippen molar-refractivity contribution in [2.45, 2.75) is 25.1 Å². The Morgan fingerprint density at radius 3 is 2.46 bits per heavy atom. The lowest BCUT2D eigenvalue weighted by Crippen LogP contribution is -2.15. The average Bonchev–Trinajstić information content (AvgIpc) is 3.33. The molecule has 24 heavy (non-hydrogen) atoms. The molecular weight excluding hydrogens is 345 g/mol. The minimum absolute atomic E-state index is 0.00397. The number of anilines is 2. The molecule has 0 radical (unpaired) electrons. The van der Waals surface area contributed by atoms with Gasteiger partial charge in [-0.3, -0.25) is 4.79 Å². The van der Waals surface area contributed by atoms with Crippen LogP contribution in [0.3, 0.4) is 0 Å². The van der Waals surface area contributed by atoms with E-state index in [1.54, 1.807) is 0 Å². The third-order valence-electron chi connectivity index (χ3n) is 3.37. The van der Waals surface area contributed by atoms with Gasteiger partial charge in [0.25, 0.3) is 5.91 Å². The zero-order chi connectivity index (χ0) is 17.3. The summed E-state index contributed by atoms with van der Waals surface area (Å²) in [5.74, 6) is -0.236. The van der Waals surface area contributed by atoms with E-state index in [0.29, 0.717) is 12.0 Å². The molecule has 1 aromatic heterocycles. The highest BCUT2D eigenvalue weighted by atomic mass is 35.5. The van der Waals surface area contributed by atoms with Crippen molar-refractivity contribution in [2.24, 2.45) is 0 Å². The smallest absolute Gasteiger partial charge is 0.351 e. The molecule has 126 valence electrons. The van der Waals surface area contributed by atoms with Crippen LogP contribution in [0.4, 0.5) is 24.8 Å². The van der Waals surface area contributed by atoms with Gasteiger partial charge in [0.05, 0.1) is 21.8 Å². The Kier molecular flexibility index (Phi) is 4.31. The molecule has 1 aliphatic carbocycles. The number of hydrogen-bond acceptors (Lipinski definition) is 4. The van der Waals surface area contributed by atoms with Crippen molar-refractivity contribution in [3.05, 3.63) is 46.7 Å². The molecule has 0 spiro atoms. The molecule has 1 amide bonds. The zero-order valence-corrected chi connectivity index (χ0v) is 12.9. The highest BCUT2D eigenvalue weighted by molar-refractivity contribution is 6.34. The first kappa shape index (κ1) is 16.5. The van der Waals surface area contributed by atoms with Gasteiger partial charge in [-0.05, 0) is 31.0 Å². The first-order chi connectivity index (χ1) is 11.3. The predicted octanol–water partition coefficient (Wildman–Crippen LogP) is 3.98. The Labute approximate surface area is 140 Å². The van der Waals surface area contributed by atoms with Crippen molar-refractivity contribution < 1.29 is 18.0 Å². The predicted molar refractivity (Wildman–Crippen MR) is 83.1 cm³/mol. The van der Waals surface area contributed by atoms with Crippen molar-refractivity contribution in [3.8, 4) is 0 Å². The quantitative estimate of drug-likeness (QED) is 0.869. The molecule has 2 N–H and O–H groups in total. The highest BCUT2D eigenvalue weighted by Crippen LogP contribution is 2.34. The van der Waals surface area contributed by atoms with Crippen LogP contribution in [0.2, 0.25) is 5.02 Å². The second kappa shape index (κ2) is 6.27. The minimum Gasteiger partial charge on any atom is -0.351 e. The van der Waals surface area contributed by atoms with Gasteiger partial charge in [-0.15, -0.1) is 0 Å². The highest BCUT2D eigenvalue weighted by Gasteiger charge is 2.31. The largest absolute Gasteiger partial charge is 0.416 e. The summed E-state index contributed by atoms with van der Waals surface area (Å²) in [5, 5.41) is 5.41. The summed E-state index contributed by atoms with van der Waals surface area (Å²) < 4.78 is 38.2. The first-order valence-electron chi connectivity index (χ1n) is 7.09. The van der Waals surface area contributed by atoms with Crippen LogP contribution in [0, 0.1) is 0 Å². The van der Waals surface area contributed by atoms with Crippen molar-refractivity contribution in [2.75, 3.05) is 10.6 Å². The van der Waals surface area contributed by atoms with Crippen molar-refractivity contribution in [1.82, 2.24) is 9.97 Å². The van der Waals surface area contributed by atoms with E-state index in [2.05, 4.69) is 20.6 Å². The van der Waals surface area contributed by atoms with E-state index in [1.165, 1.54) is 12.4 Å². The van der Waals surface area contributed by atoms with E-state index in [-0.39, 0.29) is 16.3 Å². The zero-order valence-electron chi connectivity index (χ0n) is 12.2. The van der Waals surface area contributed by atoms with Crippen LogP contribution in [0.1, 0.15) is 28.8 Å².